The largest absolute Gasteiger partial charge is 0.468 e. The van der Waals surface area contributed by atoms with Gasteiger partial charge in [-0.05, 0) is 23.6 Å². The Balaban J connectivity index is 2.34. The van der Waals surface area contributed by atoms with Crippen molar-refractivity contribution < 1.29 is 19.1 Å². The SMILES string of the molecule is COC(=O)C(C#N)c1c(Cc2ccccc2)c2ccccc2n1C(=O)OC. The van der Waals surface area contributed by atoms with E-state index in [0.29, 0.717) is 11.9 Å². The van der Waals surface area contributed by atoms with Crippen LogP contribution in [-0.4, -0.2) is 30.8 Å². The minimum Gasteiger partial charge on any atom is -0.468 e. The van der Waals surface area contributed by atoms with Gasteiger partial charge in [0.05, 0.1) is 31.5 Å². The number of esters is 1. The van der Waals surface area contributed by atoms with Gasteiger partial charge in [0.15, 0.2) is 5.92 Å². The summed E-state index contributed by atoms with van der Waals surface area (Å²) in [5.74, 6) is -1.97. The summed E-state index contributed by atoms with van der Waals surface area (Å²) in [7, 11) is 2.48. The molecule has 27 heavy (non-hydrogen) atoms. The number of hydrogen-bond donors (Lipinski definition) is 0. The third-order valence-corrected chi connectivity index (χ3v) is 4.44. The molecule has 2 aromatic carbocycles. The van der Waals surface area contributed by atoms with Crippen LogP contribution in [0.15, 0.2) is 54.6 Å². The lowest BCUT2D eigenvalue weighted by atomic mass is 9.96. The van der Waals surface area contributed by atoms with Crippen LogP contribution in [0.25, 0.3) is 10.9 Å². The van der Waals surface area contributed by atoms with Crippen molar-refractivity contribution in [1.82, 2.24) is 4.57 Å². The zero-order chi connectivity index (χ0) is 19.4. The highest BCUT2D eigenvalue weighted by molar-refractivity contribution is 5.96. The first-order valence-electron chi connectivity index (χ1n) is 8.34. The van der Waals surface area contributed by atoms with Gasteiger partial charge in [-0.25, -0.2) is 9.36 Å². The van der Waals surface area contributed by atoms with Crippen LogP contribution in [0.2, 0.25) is 0 Å². The molecule has 3 aromatic rings. The summed E-state index contributed by atoms with van der Waals surface area (Å²) in [4.78, 5) is 24.8. The van der Waals surface area contributed by atoms with Gasteiger partial charge in [0.2, 0.25) is 0 Å². The Bertz CT molecular complexity index is 1030. The molecule has 0 N–H and O–H groups in total. The number of nitriles is 1. The molecule has 6 heteroatoms. The molecule has 1 atom stereocenters. The van der Waals surface area contributed by atoms with E-state index in [9.17, 15) is 14.9 Å². The Labute approximate surface area is 156 Å². The topological polar surface area (TPSA) is 81.3 Å². The highest BCUT2D eigenvalue weighted by atomic mass is 16.5. The van der Waals surface area contributed by atoms with Gasteiger partial charge in [0.1, 0.15) is 0 Å². The van der Waals surface area contributed by atoms with E-state index in [4.69, 9.17) is 9.47 Å². The molecule has 0 bridgehead atoms. The molecule has 0 saturated carbocycles. The maximum Gasteiger partial charge on any atom is 0.418 e. The molecule has 0 amide bonds. The predicted octanol–water partition coefficient (Wildman–Crippen LogP) is 3.63. The lowest BCUT2D eigenvalue weighted by Gasteiger charge is -2.13. The molecule has 0 aliphatic heterocycles. The Hall–Kier alpha value is -3.59. The number of ether oxygens (including phenoxy) is 2. The minimum atomic E-state index is -1.25. The molecule has 6 nitrogen and oxygen atoms in total. The first-order valence-corrected chi connectivity index (χ1v) is 8.34. The van der Waals surface area contributed by atoms with Gasteiger partial charge in [0, 0.05) is 5.39 Å². The molecule has 0 radical (unpaired) electrons. The molecular formula is C21H18N2O4. The summed E-state index contributed by atoms with van der Waals surface area (Å²) in [6.45, 7) is 0. The quantitative estimate of drug-likeness (QED) is 0.662. The number of aromatic nitrogens is 1. The summed E-state index contributed by atoms with van der Waals surface area (Å²) in [6, 6.07) is 18.9. The normalized spacial score (nSPS) is 11.6. The van der Waals surface area contributed by atoms with Crippen molar-refractivity contribution in [2.24, 2.45) is 0 Å². The average Bonchev–Trinajstić information content (AvgIpc) is 3.02. The second-order valence-corrected chi connectivity index (χ2v) is 5.93. The van der Waals surface area contributed by atoms with Gasteiger partial charge >= 0.3 is 12.1 Å². The summed E-state index contributed by atoms with van der Waals surface area (Å²) in [6.07, 6.45) is -0.208. The molecular weight excluding hydrogens is 344 g/mol. The number of benzene rings is 2. The van der Waals surface area contributed by atoms with Crippen LogP contribution in [0.4, 0.5) is 4.79 Å². The third-order valence-electron chi connectivity index (χ3n) is 4.44. The van der Waals surface area contributed by atoms with Gasteiger partial charge in [-0.2, -0.15) is 5.26 Å². The van der Waals surface area contributed by atoms with Crippen molar-refractivity contribution >= 4 is 23.0 Å². The number of nitrogens with zero attached hydrogens (tertiary/aromatic N) is 2. The van der Waals surface area contributed by atoms with Crippen molar-refractivity contribution in [3.8, 4) is 6.07 Å². The van der Waals surface area contributed by atoms with Gasteiger partial charge in [-0.15, -0.1) is 0 Å². The number of hydrogen-bond acceptors (Lipinski definition) is 5. The van der Waals surface area contributed by atoms with Crippen LogP contribution in [-0.2, 0) is 20.7 Å². The monoisotopic (exact) mass is 362 g/mol. The van der Waals surface area contributed by atoms with Gasteiger partial charge < -0.3 is 9.47 Å². The molecule has 136 valence electrons. The van der Waals surface area contributed by atoms with Crippen molar-refractivity contribution in [3.05, 3.63) is 71.4 Å². The van der Waals surface area contributed by atoms with E-state index in [-0.39, 0.29) is 5.69 Å². The van der Waals surface area contributed by atoms with Crippen LogP contribution in [0.5, 0.6) is 0 Å². The van der Waals surface area contributed by atoms with Crippen LogP contribution in [0.1, 0.15) is 22.7 Å². The summed E-state index contributed by atoms with van der Waals surface area (Å²) < 4.78 is 11.0. The maximum atomic E-state index is 12.5. The van der Waals surface area contributed by atoms with Gasteiger partial charge in [0.25, 0.3) is 0 Å². The Morgan fingerprint density at radius 1 is 1.04 bits per heavy atom. The third kappa shape index (κ3) is 3.27. The minimum absolute atomic E-state index is 0.279. The molecule has 0 aliphatic carbocycles. The summed E-state index contributed by atoms with van der Waals surface area (Å²) >= 11 is 0. The van der Waals surface area contributed by atoms with E-state index < -0.39 is 18.0 Å². The van der Waals surface area contributed by atoms with E-state index in [2.05, 4.69) is 0 Å². The van der Waals surface area contributed by atoms with Crippen LogP contribution in [0, 0.1) is 11.3 Å². The second kappa shape index (κ2) is 7.75. The number of carbonyl (C=O) groups is 2. The van der Waals surface area contributed by atoms with E-state index in [1.807, 2.05) is 48.5 Å². The fourth-order valence-corrected chi connectivity index (χ4v) is 3.25. The second-order valence-electron chi connectivity index (χ2n) is 5.93. The van der Waals surface area contributed by atoms with Crippen molar-refractivity contribution in [2.75, 3.05) is 14.2 Å². The number of carbonyl (C=O) groups excluding carboxylic acids is 2. The van der Waals surface area contributed by atoms with Gasteiger partial charge in [-0.1, -0.05) is 48.5 Å². The van der Waals surface area contributed by atoms with Gasteiger partial charge in [-0.3, -0.25) is 4.79 Å². The van der Waals surface area contributed by atoms with Crippen LogP contribution in [0.3, 0.4) is 0 Å². The first-order chi connectivity index (χ1) is 13.1. The zero-order valence-electron chi connectivity index (χ0n) is 15.0. The number of rotatable bonds is 4. The predicted molar refractivity (Wildman–Crippen MR) is 99.4 cm³/mol. The number of fused-ring (bicyclic) bond motifs is 1. The summed E-state index contributed by atoms with van der Waals surface area (Å²) in [5, 5.41) is 10.4. The van der Waals surface area contributed by atoms with E-state index in [0.717, 1.165) is 16.5 Å². The Morgan fingerprint density at radius 2 is 1.70 bits per heavy atom. The Morgan fingerprint density at radius 3 is 2.33 bits per heavy atom. The lowest BCUT2D eigenvalue weighted by Crippen LogP contribution is -2.22. The first kappa shape index (κ1) is 18.2. The highest BCUT2D eigenvalue weighted by Gasteiger charge is 2.32. The lowest BCUT2D eigenvalue weighted by molar-refractivity contribution is -0.141. The molecule has 1 heterocycles. The van der Waals surface area contributed by atoms with Crippen molar-refractivity contribution in [2.45, 2.75) is 12.3 Å². The van der Waals surface area contributed by atoms with E-state index in [1.165, 1.54) is 18.8 Å². The van der Waals surface area contributed by atoms with Crippen LogP contribution >= 0.6 is 0 Å². The standard InChI is InChI=1S/C21H18N2O4/c1-26-20(24)17(13-22)19-16(12-14-8-4-3-5-9-14)15-10-6-7-11-18(15)23(19)21(25)27-2/h3-11,17H,12H2,1-2H3. The molecule has 0 saturated heterocycles. The Kier molecular flexibility index (Phi) is 5.23. The smallest absolute Gasteiger partial charge is 0.418 e. The zero-order valence-corrected chi connectivity index (χ0v) is 15.0. The summed E-state index contributed by atoms with van der Waals surface area (Å²) in [5.41, 5.74) is 2.57. The highest BCUT2D eigenvalue weighted by Crippen LogP contribution is 2.34. The van der Waals surface area contributed by atoms with Crippen molar-refractivity contribution in [3.63, 3.8) is 0 Å². The fraction of sp³-hybridized carbons (Fsp3) is 0.190. The van der Waals surface area contributed by atoms with E-state index >= 15 is 0 Å². The molecule has 0 aliphatic rings. The molecule has 0 spiro atoms. The molecule has 1 unspecified atom stereocenters. The number of para-hydroxylation sites is 1. The van der Waals surface area contributed by atoms with Crippen molar-refractivity contribution in [1.29, 1.82) is 5.26 Å². The average molecular weight is 362 g/mol. The van der Waals surface area contributed by atoms with Crippen LogP contribution < -0.4 is 0 Å². The van der Waals surface area contributed by atoms with E-state index in [1.54, 1.807) is 12.1 Å². The molecule has 3 rings (SSSR count). The molecule has 1 aromatic heterocycles. The maximum absolute atomic E-state index is 12.5. The fourth-order valence-electron chi connectivity index (χ4n) is 3.25. The molecule has 0 fully saturated rings. The number of methoxy groups -OCH3 is 2.